The molecule has 2 aromatic carbocycles. The Morgan fingerprint density at radius 1 is 0.641 bits per heavy atom. The highest BCUT2D eigenvalue weighted by atomic mass is 19.4. The van der Waals surface area contributed by atoms with E-state index in [9.17, 15) is 62.2 Å². The van der Waals surface area contributed by atoms with E-state index in [2.05, 4.69) is 0 Å². The van der Waals surface area contributed by atoms with Gasteiger partial charge in [0.15, 0.2) is 0 Å². The highest BCUT2D eigenvalue weighted by Crippen LogP contribution is 2.61. The molecule has 39 heavy (non-hydrogen) atoms. The number of benzene rings is 2. The van der Waals surface area contributed by atoms with Crippen molar-refractivity contribution in [3.05, 3.63) is 65.7 Å². The van der Waals surface area contributed by atoms with Crippen molar-refractivity contribution in [3.63, 3.8) is 0 Å². The average Bonchev–Trinajstić information content (AvgIpc) is 2.83. The number of ether oxygens (including phenoxy) is 1. The van der Waals surface area contributed by atoms with Crippen LogP contribution in [0.5, 0.6) is 5.75 Å². The average molecular weight is 588 g/mol. The molecule has 0 bridgehead atoms. The van der Waals surface area contributed by atoms with E-state index >= 15 is 0 Å². The Labute approximate surface area is 213 Å². The van der Waals surface area contributed by atoms with Crippen molar-refractivity contribution in [2.75, 3.05) is 0 Å². The third-order valence-corrected chi connectivity index (χ3v) is 5.97. The van der Waals surface area contributed by atoms with E-state index in [1.165, 1.54) is 6.07 Å². The highest BCUT2D eigenvalue weighted by molar-refractivity contribution is 5.39. The minimum absolute atomic E-state index is 0.0983. The number of rotatable bonds is 11. The van der Waals surface area contributed by atoms with E-state index in [-0.39, 0.29) is 11.9 Å². The predicted octanol–water partition coefficient (Wildman–Crippen LogP) is 8.23. The van der Waals surface area contributed by atoms with Crippen LogP contribution in [0.3, 0.4) is 0 Å². The monoisotopic (exact) mass is 588 g/mol. The molecule has 0 amide bonds. The molecule has 2 unspecified atom stereocenters. The van der Waals surface area contributed by atoms with E-state index < -0.39 is 58.9 Å². The molecule has 2 aromatic rings. The van der Waals surface area contributed by atoms with Crippen molar-refractivity contribution in [2.24, 2.45) is 0 Å². The topological polar surface area (TPSA) is 29.5 Å². The summed E-state index contributed by atoms with van der Waals surface area (Å²) in [6.45, 7) is 3.40. The molecule has 0 spiro atoms. The highest BCUT2D eigenvalue weighted by Gasteiger charge is 2.90. The van der Waals surface area contributed by atoms with Crippen LogP contribution < -0.4 is 4.74 Å². The molecule has 0 saturated heterocycles. The lowest BCUT2D eigenvalue weighted by Gasteiger charge is -2.42. The molecule has 2 atom stereocenters. The molecule has 0 aromatic heterocycles. The zero-order chi connectivity index (χ0) is 30.3. The van der Waals surface area contributed by atoms with Crippen molar-refractivity contribution >= 4 is 0 Å². The van der Waals surface area contributed by atoms with Crippen LogP contribution in [0.1, 0.15) is 37.8 Å². The van der Waals surface area contributed by atoms with Gasteiger partial charge in [0.2, 0.25) is 0 Å². The smallest absolute Gasteiger partial charge is 0.460 e. The van der Waals surface area contributed by atoms with Gasteiger partial charge in [0, 0.05) is 0 Å². The summed E-state index contributed by atoms with van der Waals surface area (Å²) in [4.78, 5) is 0. The third-order valence-electron chi connectivity index (χ3n) is 5.97. The van der Waals surface area contributed by atoms with Crippen LogP contribution in [0.25, 0.3) is 0 Å². The van der Waals surface area contributed by atoms with Crippen LogP contribution >= 0.6 is 0 Å². The minimum Gasteiger partial charge on any atom is -0.491 e. The fourth-order valence-corrected chi connectivity index (χ4v) is 3.44. The normalized spacial score (nSPS) is 16.5. The number of alkyl halides is 13. The fourth-order valence-electron chi connectivity index (χ4n) is 3.44. The molecule has 0 aliphatic heterocycles. The van der Waals surface area contributed by atoms with Crippen LogP contribution in [0.15, 0.2) is 54.6 Å². The van der Waals surface area contributed by atoms with Crippen LogP contribution in [-0.4, -0.2) is 47.0 Å². The first kappa shape index (κ1) is 32.5. The summed E-state index contributed by atoms with van der Waals surface area (Å²) < 4.78 is 183. The summed E-state index contributed by atoms with van der Waals surface area (Å²) >= 11 is 0. The van der Waals surface area contributed by atoms with Gasteiger partial charge in [-0.25, -0.2) is 0 Å². The lowest BCUT2D eigenvalue weighted by atomic mass is 9.79. The van der Waals surface area contributed by atoms with Gasteiger partial charge in [0.05, 0.1) is 12.5 Å². The van der Waals surface area contributed by atoms with Crippen LogP contribution in [0.4, 0.5) is 57.1 Å². The summed E-state index contributed by atoms with van der Waals surface area (Å²) in [7, 11) is 0. The third kappa shape index (κ3) is 5.50. The van der Waals surface area contributed by atoms with E-state index in [4.69, 9.17) is 4.74 Å². The van der Waals surface area contributed by atoms with Crippen molar-refractivity contribution in [1.82, 2.24) is 0 Å². The zero-order valence-electron chi connectivity index (χ0n) is 20.0. The second-order valence-electron chi connectivity index (χ2n) is 8.76. The second kappa shape index (κ2) is 10.4. The van der Waals surface area contributed by atoms with E-state index in [0.717, 1.165) is 48.5 Å². The Kier molecular flexibility index (Phi) is 8.63. The van der Waals surface area contributed by atoms with Crippen molar-refractivity contribution in [2.45, 2.75) is 74.2 Å². The van der Waals surface area contributed by atoms with Crippen molar-refractivity contribution < 1.29 is 66.9 Å². The quantitative estimate of drug-likeness (QED) is 0.268. The standard InChI is InChI=1S/C24H21F13O2/c1-3-14(2)39-17-11-9-16(10-12-17)18(38,15-7-5-4-6-8-15)13-19(25,26)20(27,28)21(29,30)22(31,32)23(33,34)24(35,36)37/h4-12,14,38H,3,13H2,1-2H3. The van der Waals surface area contributed by atoms with Crippen molar-refractivity contribution in [3.8, 4) is 5.75 Å². The Morgan fingerprint density at radius 2 is 1.08 bits per heavy atom. The molecule has 0 aliphatic rings. The molecule has 15 heteroatoms. The van der Waals surface area contributed by atoms with Gasteiger partial charge in [-0.05, 0) is 36.6 Å². The van der Waals surface area contributed by atoms with Gasteiger partial charge in [-0.15, -0.1) is 0 Å². The van der Waals surface area contributed by atoms with Gasteiger partial charge >= 0.3 is 35.8 Å². The Hall–Kier alpha value is -2.71. The molecule has 0 fully saturated rings. The summed E-state index contributed by atoms with van der Waals surface area (Å²) in [6, 6.07) is 9.12. The van der Waals surface area contributed by atoms with Crippen LogP contribution in [0.2, 0.25) is 0 Å². The number of halogens is 13. The Morgan fingerprint density at radius 3 is 1.51 bits per heavy atom. The summed E-state index contributed by atoms with van der Waals surface area (Å²) in [6.07, 6.45) is -10.2. The van der Waals surface area contributed by atoms with Crippen molar-refractivity contribution in [1.29, 1.82) is 0 Å². The van der Waals surface area contributed by atoms with Crippen LogP contribution in [0, 0.1) is 0 Å². The van der Waals surface area contributed by atoms with Gasteiger partial charge in [-0.1, -0.05) is 49.4 Å². The first-order valence-electron chi connectivity index (χ1n) is 11.0. The maximum atomic E-state index is 14.8. The lowest BCUT2D eigenvalue weighted by Crippen LogP contribution is -2.70. The van der Waals surface area contributed by atoms with Gasteiger partial charge < -0.3 is 9.84 Å². The largest absolute Gasteiger partial charge is 0.491 e. The van der Waals surface area contributed by atoms with Gasteiger partial charge in [-0.2, -0.15) is 57.1 Å². The molecular formula is C24H21F13O2. The molecular weight excluding hydrogens is 567 g/mol. The SMILES string of the molecule is CCC(C)Oc1ccc(C(O)(CC(F)(F)C(F)(F)C(F)(F)C(F)(F)C(F)(F)C(F)(F)F)c2ccccc2)cc1. The molecule has 1 N–H and O–H groups in total. The van der Waals surface area contributed by atoms with Crippen LogP contribution in [-0.2, 0) is 5.60 Å². The first-order chi connectivity index (χ1) is 17.5. The van der Waals surface area contributed by atoms with E-state index in [0.29, 0.717) is 6.42 Å². The maximum Gasteiger partial charge on any atom is 0.460 e. The molecule has 0 radical (unpaired) electrons. The number of hydrogen-bond acceptors (Lipinski definition) is 2. The molecule has 2 nitrogen and oxygen atoms in total. The fraction of sp³-hybridized carbons (Fsp3) is 0.500. The number of aliphatic hydroxyl groups is 1. The van der Waals surface area contributed by atoms with E-state index in [1.807, 2.05) is 0 Å². The minimum atomic E-state index is -8.02. The molecule has 220 valence electrons. The first-order valence-corrected chi connectivity index (χ1v) is 11.0. The molecule has 0 saturated carbocycles. The lowest BCUT2D eigenvalue weighted by molar-refractivity contribution is -0.441. The second-order valence-corrected chi connectivity index (χ2v) is 8.76. The molecule has 0 aliphatic carbocycles. The zero-order valence-corrected chi connectivity index (χ0v) is 20.0. The summed E-state index contributed by atoms with van der Waals surface area (Å²) in [5.41, 5.74) is -4.68. The Balaban J connectivity index is 2.62. The van der Waals surface area contributed by atoms with E-state index in [1.54, 1.807) is 13.8 Å². The maximum absolute atomic E-state index is 14.8. The Bertz CT molecular complexity index is 1100. The predicted molar refractivity (Wildman–Crippen MR) is 112 cm³/mol. The number of hydrogen-bond donors (Lipinski definition) is 1. The van der Waals surface area contributed by atoms with Gasteiger partial charge in [-0.3, -0.25) is 0 Å². The molecule has 2 rings (SSSR count). The van der Waals surface area contributed by atoms with Gasteiger partial charge in [0.1, 0.15) is 11.4 Å². The summed E-state index contributed by atoms with van der Waals surface area (Å²) in [5.74, 6) is -37.7. The summed E-state index contributed by atoms with van der Waals surface area (Å²) in [5, 5.41) is 11.1. The van der Waals surface area contributed by atoms with Gasteiger partial charge in [0.25, 0.3) is 0 Å². The molecule has 0 heterocycles.